The van der Waals surface area contributed by atoms with Crippen LogP contribution in [0.5, 0.6) is 5.75 Å². The SMILES string of the molecule is O[13c]1[13c](Cl)[13cH][13cH][13cH][13c]1Cl. The second-order valence-corrected chi connectivity index (χ2v) is 2.38. The van der Waals surface area contributed by atoms with Gasteiger partial charge in [0.2, 0.25) is 0 Å². The van der Waals surface area contributed by atoms with Gasteiger partial charge in [0.25, 0.3) is 0 Å². The van der Waals surface area contributed by atoms with Crippen molar-refractivity contribution in [3.8, 4) is 5.75 Å². The van der Waals surface area contributed by atoms with E-state index in [1.54, 1.807) is 18.2 Å². The van der Waals surface area contributed by atoms with Crippen LogP contribution in [0.2, 0.25) is 10.0 Å². The highest BCUT2D eigenvalue weighted by Crippen LogP contribution is 2.30. The van der Waals surface area contributed by atoms with Gasteiger partial charge in [-0.15, -0.1) is 0 Å². The lowest BCUT2D eigenvalue weighted by Gasteiger charge is -1.95. The van der Waals surface area contributed by atoms with Crippen LogP contribution in [0.15, 0.2) is 18.2 Å². The fourth-order valence-electron chi connectivity index (χ4n) is 0.489. The molecule has 0 spiro atoms. The Balaban J connectivity index is 3.25. The molecular formula is C6H4Cl2O. The summed E-state index contributed by atoms with van der Waals surface area (Å²) in [4.78, 5) is 0. The van der Waals surface area contributed by atoms with Crippen molar-refractivity contribution < 1.29 is 5.11 Å². The third-order valence-corrected chi connectivity index (χ3v) is 1.55. The number of phenolic OH excluding ortho intramolecular Hbond substituents is 1. The summed E-state index contributed by atoms with van der Waals surface area (Å²) in [5.41, 5.74) is 0. The van der Waals surface area contributed by atoms with E-state index < -0.39 is 0 Å². The zero-order chi connectivity index (χ0) is 6.85. The number of hydrogen-bond acceptors (Lipinski definition) is 1. The maximum absolute atomic E-state index is 8.94. The van der Waals surface area contributed by atoms with Crippen LogP contribution in [0.4, 0.5) is 0 Å². The summed E-state index contributed by atoms with van der Waals surface area (Å²) in [6, 6.07) is 4.82. The van der Waals surface area contributed by atoms with Gasteiger partial charge in [-0.05, 0) is 12.1 Å². The number of phenols is 1. The van der Waals surface area contributed by atoms with Gasteiger partial charge in [-0.1, -0.05) is 29.3 Å². The summed E-state index contributed by atoms with van der Waals surface area (Å²) in [6.45, 7) is 0. The van der Waals surface area contributed by atoms with Crippen molar-refractivity contribution >= 4 is 23.2 Å². The molecule has 9 heavy (non-hydrogen) atoms. The summed E-state index contributed by atoms with van der Waals surface area (Å²) >= 11 is 11.0. The van der Waals surface area contributed by atoms with Crippen LogP contribution >= 0.6 is 23.2 Å². The molecule has 1 aromatic rings. The molecule has 0 radical (unpaired) electrons. The Labute approximate surface area is 62.8 Å². The van der Waals surface area contributed by atoms with E-state index >= 15 is 0 Å². The van der Waals surface area contributed by atoms with Crippen LogP contribution in [0.1, 0.15) is 0 Å². The fourth-order valence-corrected chi connectivity index (χ4v) is 0.886. The highest BCUT2D eigenvalue weighted by molar-refractivity contribution is 6.37. The minimum absolute atomic E-state index is 0.0548. The van der Waals surface area contributed by atoms with Gasteiger partial charge in [-0.2, -0.15) is 0 Å². The minimum atomic E-state index is -0.0548. The molecule has 0 fully saturated rings. The number of aromatic hydroxyl groups is 1. The second-order valence-electron chi connectivity index (χ2n) is 1.57. The first-order valence-corrected chi connectivity index (χ1v) is 3.10. The Kier molecular flexibility index (Phi) is 1.84. The predicted molar refractivity (Wildman–Crippen MR) is 38.1 cm³/mol. The first-order chi connectivity index (χ1) is 4.22. The van der Waals surface area contributed by atoms with Gasteiger partial charge in [0.15, 0.2) is 5.75 Å². The normalized spacial score (nSPS) is 9.56. The van der Waals surface area contributed by atoms with Gasteiger partial charge >= 0.3 is 0 Å². The highest BCUT2D eigenvalue weighted by atomic mass is 35.5. The summed E-state index contributed by atoms with van der Waals surface area (Å²) in [6.07, 6.45) is 0. The molecule has 0 saturated heterocycles. The monoisotopic (exact) mass is 168 g/mol. The Bertz CT molecular complexity index is 202. The molecule has 0 aromatic heterocycles. The molecule has 0 unspecified atom stereocenters. The average molecular weight is 169 g/mol. The lowest BCUT2D eigenvalue weighted by Crippen LogP contribution is -1.67. The number of halogens is 2. The summed E-state index contributed by atoms with van der Waals surface area (Å²) in [5, 5.41) is 9.50. The van der Waals surface area contributed by atoms with Gasteiger partial charge in [0.1, 0.15) is 0 Å². The molecule has 0 amide bonds. The van der Waals surface area contributed by atoms with Gasteiger partial charge in [-0.25, -0.2) is 0 Å². The first kappa shape index (κ1) is 6.72. The van der Waals surface area contributed by atoms with E-state index in [0.717, 1.165) is 0 Å². The Morgan fingerprint density at radius 1 is 1.11 bits per heavy atom. The molecular weight excluding hydrogens is 165 g/mol. The molecule has 0 aliphatic rings. The smallest absolute Gasteiger partial charge is 0.152 e. The molecule has 1 rings (SSSR count). The van der Waals surface area contributed by atoms with E-state index in [0.29, 0.717) is 0 Å². The average Bonchev–Trinajstić information content (AvgIpc) is 1.83. The van der Waals surface area contributed by atoms with Crippen LogP contribution in [-0.2, 0) is 0 Å². The molecule has 3 heteroatoms. The van der Waals surface area contributed by atoms with Crippen LogP contribution in [0.25, 0.3) is 0 Å². The van der Waals surface area contributed by atoms with Crippen molar-refractivity contribution in [1.82, 2.24) is 0 Å². The van der Waals surface area contributed by atoms with Crippen LogP contribution < -0.4 is 0 Å². The van der Waals surface area contributed by atoms with E-state index in [2.05, 4.69) is 0 Å². The van der Waals surface area contributed by atoms with E-state index in [1.165, 1.54) is 0 Å². The summed E-state index contributed by atoms with van der Waals surface area (Å²) in [5.74, 6) is -0.0548. The molecule has 0 bridgehead atoms. The number of hydrogen-bond donors (Lipinski definition) is 1. The summed E-state index contributed by atoms with van der Waals surface area (Å²) in [7, 11) is 0. The fraction of sp³-hybridized carbons (Fsp3) is 0. The number of rotatable bonds is 0. The Morgan fingerprint density at radius 2 is 1.56 bits per heavy atom. The summed E-state index contributed by atoms with van der Waals surface area (Å²) < 4.78 is 0. The second kappa shape index (κ2) is 2.46. The topological polar surface area (TPSA) is 20.2 Å². The zero-order valence-corrected chi connectivity index (χ0v) is 5.95. The number of para-hydroxylation sites is 1. The van der Waals surface area contributed by atoms with Crippen molar-refractivity contribution in [2.24, 2.45) is 0 Å². The van der Waals surface area contributed by atoms with Crippen molar-refractivity contribution in [2.45, 2.75) is 0 Å². The lowest BCUT2D eigenvalue weighted by molar-refractivity contribution is 0.476. The van der Waals surface area contributed by atoms with E-state index in [4.69, 9.17) is 28.3 Å². The minimum Gasteiger partial charge on any atom is -0.505 e. The third-order valence-electron chi connectivity index (χ3n) is 0.938. The zero-order valence-electron chi connectivity index (χ0n) is 4.44. The molecule has 0 atom stereocenters. The molecule has 0 aliphatic carbocycles. The van der Waals surface area contributed by atoms with Crippen LogP contribution in [0.3, 0.4) is 0 Å². The molecule has 1 N–H and O–H groups in total. The molecule has 48 valence electrons. The number of benzene rings is 1. The standard InChI is InChI=1S/C6H4Cl2O/c7-4-2-1-3-5(8)6(4)9/h1-3,9H/i1+1,2+1,3+1,4+1,5+1,6+1. The van der Waals surface area contributed by atoms with Crippen molar-refractivity contribution in [3.63, 3.8) is 0 Å². The lowest BCUT2D eigenvalue weighted by atomic mass is 11.3. The van der Waals surface area contributed by atoms with Crippen LogP contribution in [-0.4, -0.2) is 5.11 Å². The van der Waals surface area contributed by atoms with E-state index in [9.17, 15) is 0 Å². The van der Waals surface area contributed by atoms with Crippen molar-refractivity contribution in [2.75, 3.05) is 0 Å². The first-order valence-electron chi connectivity index (χ1n) is 2.35. The maximum Gasteiger partial charge on any atom is 0.152 e. The van der Waals surface area contributed by atoms with Gasteiger partial charge < -0.3 is 5.11 Å². The van der Waals surface area contributed by atoms with Gasteiger partial charge in [0.05, 0.1) is 10.0 Å². The van der Waals surface area contributed by atoms with Crippen molar-refractivity contribution in [3.05, 3.63) is 28.2 Å². The van der Waals surface area contributed by atoms with Gasteiger partial charge in [0, 0.05) is 0 Å². The maximum atomic E-state index is 8.94. The van der Waals surface area contributed by atoms with Crippen LogP contribution in [0, 0.1) is 0 Å². The predicted octanol–water partition coefficient (Wildman–Crippen LogP) is 2.70. The molecule has 0 aliphatic heterocycles. The quantitative estimate of drug-likeness (QED) is 0.632. The Hall–Kier alpha value is -0.400. The van der Waals surface area contributed by atoms with E-state index in [1.807, 2.05) is 0 Å². The highest BCUT2D eigenvalue weighted by Gasteiger charge is 1.99. The van der Waals surface area contributed by atoms with E-state index in [-0.39, 0.29) is 15.8 Å². The molecule has 1 aromatic carbocycles. The van der Waals surface area contributed by atoms with Crippen molar-refractivity contribution in [1.29, 1.82) is 0 Å². The molecule has 1 nitrogen and oxygen atoms in total. The largest absolute Gasteiger partial charge is 0.505 e. The third kappa shape index (κ3) is 1.29. The van der Waals surface area contributed by atoms with Gasteiger partial charge in [-0.3, -0.25) is 0 Å². The Morgan fingerprint density at radius 3 is 1.89 bits per heavy atom. The molecule has 0 heterocycles. The molecule has 0 saturated carbocycles.